The van der Waals surface area contributed by atoms with E-state index in [9.17, 15) is 9.59 Å². The van der Waals surface area contributed by atoms with Crippen LogP contribution in [0.5, 0.6) is 11.5 Å². The van der Waals surface area contributed by atoms with Crippen molar-refractivity contribution in [1.29, 1.82) is 0 Å². The van der Waals surface area contributed by atoms with E-state index in [0.717, 1.165) is 12.1 Å². The largest absolute Gasteiger partial charge is 0.415 e. The Labute approximate surface area is 157 Å². The molecule has 0 aliphatic heterocycles. The van der Waals surface area contributed by atoms with Crippen LogP contribution in [-0.4, -0.2) is 18.9 Å². The Morgan fingerprint density at radius 3 is 1.32 bits per heavy atom. The van der Waals surface area contributed by atoms with Gasteiger partial charge in [0.25, 0.3) is 0 Å². The van der Waals surface area contributed by atoms with E-state index >= 15 is 0 Å². The fraction of sp³-hybridized carbons (Fsp3) is 0.222. The molecule has 0 fully saturated rings. The number of rotatable bonds is 6. The van der Waals surface area contributed by atoms with Crippen LogP contribution in [0.25, 0.3) is 0 Å². The Morgan fingerprint density at radius 1 is 0.760 bits per heavy atom. The number of hydrogen-bond donors (Lipinski definition) is 0. The zero-order valence-corrected chi connectivity index (χ0v) is 16.4. The predicted octanol–water partition coefficient (Wildman–Crippen LogP) is 4.76. The lowest BCUT2D eigenvalue weighted by Crippen LogP contribution is -2.57. The zero-order chi connectivity index (χ0) is 18.4. The molecular formula is C18H18Cl2O4Si. The summed E-state index contributed by atoms with van der Waals surface area (Å²) in [6.45, 7) is 4.35. The molecule has 0 unspecified atom stereocenters. The quantitative estimate of drug-likeness (QED) is 0.521. The summed E-state index contributed by atoms with van der Waals surface area (Å²) in [7, 11) is -1.97. The molecule has 2 aromatic rings. The molecule has 0 atom stereocenters. The minimum absolute atomic E-state index is 0.420. The van der Waals surface area contributed by atoms with E-state index in [1.54, 1.807) is 24.3 Å². The topological polar surface area (TPSA) is 52.6 Å². The van der Waals surface area contributed by atoms with Crippen molar-refractivity contribution < 1.29 is 19.1 Å². The summed E-state index contributed by atoms with van der Waals surface area (Å²) in [6, 6.07) is 17.0. The van der Waals surface area contributed by atoms with Gasteiger partial charge >= 0.3 is 10.9 Å². The van der Waals surface area contributed by atoms with Gasteiger partial charge in [-0.1, -0.05) is 60.6 Å². The number of hydrogen-bond acceptors (Lipinski definition) is 4. The zero-order valence-electron chi connectivity index (χ0n) is 13.9. The highest BCUT2D eigenvalue weighted by atomic mass is 35.5. The molecule has 25 heavy (non-hydrogen) atoms. The van der Waals surface area contributed by atoms with E-state index in [2.05, 4.69) is 13.8 Å². The Morgan fingerprint density at radius 2 is 1.08 bits per heavy atom. The lowest BCUT2D eigenvalue weighted by molar-refractivity contribution is 0.224. The van der Waals surface area contributed by atoms with Crippen molar-refractivity contribution in [3.63, 3.8) is 0 Å². The maximum absolute atomic E-state index is 10.8. The molecule has 0 saturated heterocycles. The highest BCUT2D eigenvalue weighted by molar-refractivity contribution is 7.02. The van der Waals surface area contributed by atoms with Crippen LogP contribution in [0.2, 0.25) is 12.1 Å². The first-order valence-electron chi connectivity index (χ1n) is 7.87. The molecule has 0 N–H and O–H groups in total. The Hall–Kier alpha value is -1.82. The molecule has 0 heterocycles. The van der Waals surface area contributed by atoms with Crippen molar-refractivity contribution in [1.82, 2.24) is 0 Å². The van der Waals surface area contributed by atoms with Crippen LogP contribution in [-0.2, 0) is 0 Å². The molecule has 2 rings (SSSR count). The van der Waals surface area contributed by atoms with E-state index in [-0.39, 0.29) is 0 Å². The second-order valence-corrected chi connectivity index (χ2v) is 10.9. The summed E-state index contributed by atoms with van der Waals surface area (Å²) in [5.41, 5.74) is -1.71. The predicted molar refractivity (Wildman–Crippen MR) is 103 cm³/mol. The lowest BCUT2D eigenvalue weighted by Gasteiger charge is -2.31. The molecule has 2 aromatic carbocycles. The Kier molecular flexibility index (Phi) is 6.64. The van der Waals surface area contributed by atoms with Crippen molar-refractivity contribution in [2.24, 2.45) is 0 Å². The van der Waals surface area contributed by atoms with Crippen molar-refractivity contribution in [2.45, 2.75) is 25.9 Å². The molecule has 4 nitrogen and oxygen atoms in total. The SMILES string of the molecule is CC[Si](CC)(c1ccc(OC(=O)Cl)cc1)c1ccc(OC(=O)Cl)cc1. The lowest BCUT2D eigenvalue weighted by atomic mass is 10.3. The summed E-state index contributed by atoms with van der Waals surface area (Å²) in [6.07, 6.45) is 0. The number of halogens is 2. The Balaban J connectivity index is 2.37. The average molecular weight is 397 g/mol. The third-order valence-electron chi connectivity index (χ3n) is 4.42. The van der Waals surface area contributed by atoms with Gasteiger partial charge in [0.1, 0.15) is 19.6 Å². The maximum atomic E-state index is 10.8. The van der Waals surface area contributed by atoms with Crippen LogP contribution in [0.1, 0.15) is 13.8 Å². The minimum atomic E-state index is -1.97. The maximum Gasteiger partial charge on any atom is 0.409 e. The molecule has 0 aliphatic rings. The van der Waals surface area contributed by atoms with Gasteiger partial charge in [0, 0.05) is 23.2 Å². The number of carbonyl (C=O) groups is 2. The monoisotopic (exact) mass is 396 g/mol. The standard InChI is InChI=1S/C18H18Cl2O4Si/c1-3-25(4-2,15-9-5-13(6-10-15)23-17(19)21)16-11-7-14(8-12-16)24-18(20)22/h5-12H,3-4H2,1-2H3. The highest BCUT2D eigenvalue weighted by Gasteiger charge is 2.33. The van der Waals surface area contributed by atoms with Crippen LogP contribution in [0.15, 0.2) is 48.5 Å². The fourth-order valence-electron chi connectivity index (χ4n) is 3.10. The first-order valence-corrected chi connectivity index (χ1v) is 11.0. The van der Waals surface area contributed by atoms with Crippen LogP contribution < -0.4 is 19.8 Å². The molecule has 0 spiro atoms. The first kappa shape index (κ1) is 19.5. The van der Waals surface area contributed by atoms with Crippen LogP contribution >= 0.6 is 23.2 Å². The number of benzene rings is 2. The van der Waals surface area contributed by atoms with Gasteiger partial charge in [-0.25, -0.2) is 9.59 Å². The van der Waals surface area contributed by atoms with Gasteiger partial charge in [0.2, 0.25) is 0 Å². The third kappa shape index (κ3) is 4.63. The van der Waals surface area contributed by atoms with Crippen LogP contribution in [0.3, 0.4) is 0 Å². The van der Waals surface area contributed by atoms with Gasteiger partial charge in [-0.15, -0.1) is 0 Å². The van der Waals surface area contributed by atoms with Gasteiger partial charge in [0.15, 0.2) is 0 Å². The molecule has 0 amide bonds. The van der Waals surface area contributed by atoms with Gasteiger partial charge in [-0.2, -0.15) is 0 Å². The average Bonchev–Trinajstić information content (AvgIpc) is 2.58. The van der Waals surface area contributed by atoms with Gasteiger partial charge in [-0.3, -0.25) is 0 Å². The van der Waals surface area contributed by atoms with Crippen molar-refractivity contribution >= 4 is 52.5 Å². The minimum Gasteiger partial charge on any atom is -0.415 e. The second-order valence-electron chi connectivity index (χ2n) is 5.52. The van der Waals surface area contributed by atoms with Crippen molar-refractivity contribution in [3.8, 4) is 11.5 Å². The van der Waals surface area contributed by atoms with E-state index in [1.807, 2.05) is 24.3 Å². The molecule has 0 radical (unpaired) electrons. The smallest absolute Gasteiger partial charge is 0.409 e. The van der Waals surface area contributed by atoms with Gasteiger partial charge in [-0.05, 0) is 24.3 Å². The molecular weight excluding hydrogens is 379 g/mol. The second kappa shape index (κ2) is 8.51. The molecule has 0 aliphatic carbocycles. The highest BCUT2D eigenvalue weighted by Crippen LogP contribution is 2.20. The first-order chi connectivity index (χ1) is 11.9. The number of ether oxygens (including phenoxy) is 2. The summed E-state index contributed by atoms with van der Waals surface area (Å²) in [5.74, 6) is 0.839. The summed E-state index contributed by atoms with van der Waals surface area (Å²) < 4.78 is 9.78. The fourth-order valence-corrected chi connectivity index (χ4v) is 7.36. The van der Waals surface area contributed by atoms with Crippen molar-refractivity contribution in [2.75, 3.05) is 0 Å². The van der Waals surface area contributed by atoms with E-state index in [0.29, 0.717) is 11.5 Å². The summed E-state index contributed by atoms with van der Waals surface area (Å²) in [4.78, 5) is 21.7. The normalized spacial score (nSPS) is 11.0. The summed E-state index contributed by atoms with van der Waals surface area (Å²) >= 11 is 10.5. The Bertz CT molecular complexity index is 679. The summed E-state index contributed by atoms with van der Waals surface area (Å²) in [5, 5.41) is 2.46. The molecule has 7 heteroatoms. The van der Waals surface area contributed by atoms with E-state index in [1.165, 1.54) is 10.4 Å². The van der Waals surface area contributed by atoms with Crippen molar-refractivity contribution in [3.05, 3.63) is 48.5 Å². The van der Waals surface area contributed by atoms with Crippen LogP contribution in [0.4, 0.5) is 9.59 Å². The number of carbonyl (C=O) groups excluding carboxylic acids is 2. The van der Waals surface area contributed by atoms with Gasteiger partial charge in [0.05, 0.1) is 0 Å². The molecule has 0 aromatic heterocycles. The molecule has 132 valence electrons. The van der Waals surface area contributed by atoms with E-state index < -0.39 is 18.9 Å². The third-order valence-corrected chi connectivity index (χ3v) is 9.86. The van der Waals surface area contributed by atoms with Crippen LogP contribution in [0, 0.1) is 0 Å². The molecule has 0 bridgehead atoms. The van der Waals surface area contributed by atoms with Gasteiger partial charge < -0.3 is 9.47 Å². The van der Waals surface area contributed by atoms with E-state index in [4.69, 9.17) is 32.7 Å². The molecule has 0 saturated carbocycles.